The van der Waals surface area contributed by atoms with Gasteiger partial charge >= 0.3 is 11.9 Å². The topological polar surface area (TPSA) is 63.6 Å². The fraction of sp³-hybridized carbons (Fsp3) is 0.111. The summed E-state index contributed by atoms with van der Waals surface area (Å²) in [7, 11) is 0. The predicted octanol–water partition coefficient (Wildman–Crippen LogP) is 3.32. The molecule has 0 atom stereocenters. The maximum atomic E-state index is 11.8. The molecule has 0 aliphatic carbocycles. The van der Waals surface area contributed by atoms with E-state index in [1.807, 2.05) is 30.3 Å². The second-order valence-corrected chi connectivity index (χ2v) is 4.70. The van der Waals surface area contributed by atoms with E-state index in [1.54, 1.807) is 24.3 Å². The zero-order chi connectivity index (χ0) is 15.8. The minimum Gasteiger partial charge on any atom is -0.478 e. The second-order valence-electron chi connectivity index (χ2n) is 4.70. The molecular formula is C18H16O4. The van der Waals surface area contributed by atoms with E-state index < -0.39 is 5.97 Å². The SMILES string of the molecule is O=C(O)/C=C/c1ccc(OC(=O)CCc2ccccc2)cc1. The van der Waals surface area contributed by atoms with Crippen LogP contribution in [0.25, 0.3) is 6.08 Å². The Balaban J connectivity index is 1.85. The molecule has 2 rings (SSSR count). The van der Waals surface area contributed by atoms with Crippen molar-refractivity contribution in [3.63, 3.8) is 0 Å². The van der Waals surface area contributed by atoms with Crippen LogP contribution in [-0.4, -0.2) is 17.0 Å². The Labute approximate surface area is 128 Å². The highest BCUT2D eigenvalue weighted by atomic mass is 16.5. The van der Waals surface area contributed by atoms with Crippen molar-refractivity contribution in [2.24, 2.45) is 0 Å². The molecule has 4 nitrogen and oxygen atoms in total. The van der Waals surface area contributed by atoms with Crippen LogP contribution in [0.15, 0.2) is 60.7 Å². The molecule has 0 spiro atoms. The van der Waals surface area contributed by atoms with Crippen LogP contribution in [0.1, 0.15) is 17.5 Å². The Hall–Kier alpha value is -2.88. The summed E-state index contributed by atoms with van der Waals surface area (Å²) >= 11 is 0. The number of ether oxygens (including phenoxy) is 1. The van der Waals surface area contributed by atoms with Gasteiger partial charge in [0.1, 0.15) is 5.75 Å². The first-order valence-corrected chi connectivity index (χ1v) is 6.89. The van der Waals surface area contributed by atoms with E-state index in [0.717, 1.165) is 17.2 Å². The van der Waals surface area contributed by atoms with Crippen LogP contribution in [-0.2, 0) is 16.0 Å². The Morgan fingerprint density at radius 3 is 2.32 bits per heavy atom. The number of rotatable bonds is 6. The molecule has 0 amide bonds. The first-order valence-electron chi connectivity index (χ1n) is 6.89. The Morgan fingerprint density at radius 2 is 1.68 bits per heavy atom. The van der Waals surface area contributed by atoms with Gasteiger partial charge in [0, 0.05) is 12.5 Å². The molecule has 0 bridgehead atoms. The Bertz CT molecular complexity index is 657. The van der Waals surface area contributed by atoms with Gasteiger partial charge in [-0.1, -0.05) is 42.5 Å². The van der Waals surface area contributed by atoms with Crippen molar-refractivity contribution in [1.82, 2.24) is 0 Å². The molecule has 0 aliphatic rings. The fourth-order valence-corrected chi connectivity index (χ4v) is 1.89. The quantitative estimate of drug-likeness (QED) is 0.504. The van der Waals surface area contributed by atoms with E-state index in [9.17, 15) is 9.59 Å². The normalized spacial score (nSPS) is 10.5. The minimum atomic E-state index is -1.00. The summed E-state index contributed by atoms with van der Waals surface area (Å²) in [5.74, 6) is -0.848. The van der Waals surface area contributed by atoms with Gasteiger partial charge in [0.2, 0.25) is 0 Å². The zero-order valence-corrected chi connectivity index (χ0v) is 11.9. The lowest BCUT2D eigenvalue weighted by Crippen LogP contribution is -2.08. The molecule has 0 aromatic heterocycles. The summed E-state index contributed by atoms with van der Waals surface area (Å²) in [6, 6.07) is 16.4. The van der Waals surface area contributed by atoms with Gasteiger partial charge < -0.3 is 9.84 Å². The number of esters is 1. The van der Waals surface area contributed by atoms with Gasteiger partial charge in [-0.2, -0.15) is 0 Å². The van der Waals surface area contributed by atoms with E-state index in [2.05, 4.69) is 0 Å². The van der Waals surface area contributed by atoms with Gasteiger partial charge in [0.25, 0.3) is 0 Å². The summed E-state index contributed by atoms with van der Waals surface area (Å²) in [6.45, 7) is 0. The van der Waals surface area contributed by atoms with E-state index in [4.69, 9.17) is 9.84 Å². The fourth-order valence-electron chi connectivity index (χ4n) is 1.89. The third-order valence-electron chi connectivity index (χ3n) is 2.99. The van der Waals surface area contributed by atoms with Crippen molar-refractivity contribution >= 4 is 18.0 Å². The van der Waals surface area contributed by atoms with Crippen molar-refractivity contribution < 1.29 is 19.4 Å². The molecule has 4 heteroatoms. The molecule has 0 saturated carbocycles. The number of carboxylic acid groups (broad SMARTS) is 1. The standard InChI is InChI=1S/C18H16O4/c19-17(20)12-8-15-6-10-16(11-7-15)22-18(21)13-9-14-4-2-1-3-5-14/h1-8,10-12H,9,13H2,(H,19,20)/b12-8+. The summed E-state index contributed by atoms with van der Waals surface area (Å²) in [5, 5.41) is 8.55. The van der Waals surface area contributed by atoms with Crippen molar-refractivity contribution in [2.75, 3.05) is 0 Å². The molecule has 0 fully saturated rings. The third-order valence-corrected chi connectivity index (χ3v) is 2.99. The summed E-state index contributed by atoms with van der Waals surface area (Å²) in [5.41, 5.74) is 1.82. The average molecular weight is 296 g/mol. The van der Waals surface area contributed by atoms with E-state index >= 15 is 0 Å². The highest BCUT2D eigenvalue weighted by molar-refractivity contribution is 5.85. The zero-order valence-electron chi connectivity index (χ0n) is 11.9. The first kappa shape index (κ1) is 15.5. The van der Waals surface area contributed by atoms with Crippen LogP contribution in [0.5, 0.6) is 5.75 Å². The lowest BCUT2D eigenvalue weighted by molar-refractivity contribution is -0.134. The first-order chi connectivity index (χ1) is 10.6. The summed E-state index contributed by atoms with van der Waals surface area (Å²) in [4.78, 5) is 22.2. The molecule has 2 aromatic carbocycles. The lowest BCUT2D eigenvalue weighted by Gasteiger charge is -2.05. The van der Waals surface area contributed by atoms with Crippen molar-refractivity contribution in [1.29, 1.82) is 0 Å². The van der Waals surface area contributed by atoms with Gasteiger partial charge in [-0.25, -0.2) is 4.79 Å². The number of benzene rings is 2. The number of hydrogen-bond donors (Lipinski definition) is 1. The molecule has 2 aromatic rings. The highest BCUT2D eigenvalue weighted by Gasteiger charge is 2.05. The van der Waals surface area contributed by atoms with Gasteiger partial charge in [-0.3, -0.25) is 4.79 Å². The summed E-state index contributed by atoms with van der Waals surface area (Å²) in [6.07, 6.45) is 3.48. The maximum Gasteiger partial charge on any atom is 0.328 e. The maximum absolute atomic E-state index is 11.8. The number of aryl methyl sites for hydroxylation is 1. The third kappa shape index (κ3) is 5.25. The Morgan fingerprint density at radius 1 is 1.00 bits per heavy atom. The molecular weight excluding hydrogens is 280 g/mol. The average Bonchev–Trinajstić information content (AvgIpc) is 2.53. The highest BCUT2D eigenvalue weighted by Crippen LogP contribution is 2.14. The lowest BCUT2D eigenvalue weighted by atomic mass is 10.1. The molecule has 0 aliphatic heterocycles. The Kier molecular flexibility index (Phi) is 5.49. The van der Waals surface area contributed by atoms with Crippen LogP contribution < -0.4 is 4.74 Å². The number of hydrogen-bond acceptors (Lipinski definition) is 3. The van der Waals surface area contributed by atoms with Crippen molar-refractivity contribution in [3.05, 3.63) is 71.8 Å². The van der Waals surface area contributed by atoms with Crippen LogP contribution in [0.4, 0.5) is 0 Å². The van der Waals surface area contributed by atoms with Crippen molar-refractivity contribution in [2.45, 2.75) is 12.8 Å². The smallest absolute Gasteiger partial charge is 0.328 e. The van der Waals surface area contributed by atoms with Gasteiger partial charge in [0.15, 0.2) is 0 Å². The molecule has 0 heterocycles. The number of carboxylic acids is 1. The molecule has 0 unspecified atom stereocenters. The largest absolute Gasteiger partial charge is 0.478 e. The van der Waals surface area contributed by atoms with E-state index in [1.165, 1.54) is 6.08 Å². The monoisotopic (exact) mass is 296 g/mol. The number of carbonyl (C=O) groups is 2. The van der Waals surface area contributed by atoms with Gasteiger partial charge in [-0.05, 0) is 35.8 Å². The minimum absolute atomic E-state index is 0.294. The number of aliphatic carboxylic acids is 1. The molecule has 0 saturated heterocycles. The molecule has 0 radical (unpaired) electrons. The van der Waals surface area contributed by atoms with E-state index in [-0.39, 0.29) is 5.97 Å². The molecule has 1 N–H and O–H groups in total. The van der Waals surface area contributed by atoms with Crippen LogP contribution in [0.3, 0.4) is 0 Å². The van der Waals surface area contributed by atoms with Gasteiger partial charge in [-0.15, -0.1) is 0 Å². The summed E-state index contributed by atoms with van der Waals surface area (Å²) < 4.78 is 5.24. The van der Waals surface area contributed by atoms with Gasteiger partial charge in [0.05, 0.1) is 0 Å². The predicted molar refractivity (Wildman–Crippen MR) is 83.5 cm³/mol. The van der Waals surface area contributed by atoms with E-state index in [0.29, 0.717) is 18.6 Å². The molecule has 22 heavy (non-hydrogen) atoms. The van der Waals surface area contributed by atoms with Crippen LogP contribution in [0.2, 0.25) is 0 Å². The van der Waals surface area contributed by atoms with Crippen LogP contribution >= 0.6 is 0 Å². The molecule has 112 valence electrons. The number of carbonyl (C=O) groups excluding carboxylic acids is 1. The van der Waals surface area contributed by atoms with Crippen LogP contribution in [0, 0.1) is 0 Å². The van der Waals surface area contributed by atoms with Crippen molar-refractivity contribution in [3.8, 4) is 5.75 Å². The second kappa shape index (κ2) is 7.78.